The fourth-order valence-corrected chi connectivity index (χ4v) is 1.94. The van der Waals surface area contributed by atoms with Crippen molar-refractivity contribution in [3.63, 3.8) is 0 Å². The first-order valence-corrected chi connectivity index (χ1v) is 4.54. The van der Waals surface area contributed by atoms with Crippen LogP contribution in [0.5, 0.6) is 0 Å². The van der Waals surface area contributed by atoms with Crippen molar-refractivity contribution < 1.29 is 0 Å². The number of nitrogens with zero attached hydrogens (tertiary/aromatic N) is 2. The van der Waals surface area contributed by atoms with Gasteiger partial charge in [-0.3, -0.25) is 10.8 Å². The Balaban J connectivity index is 2.73. The molecule has 2 N–H and O–H groups in total. The molecule has 0 atom stereocenters. The molecule has 0 saturated heterocycles. The maximum atomic E-state index is 7.66. The third kappa shape index (κ3) is 0.968. The second-order valence-electron chi connectivity index (χ2n) is 2.96. The smallest absolute Gasteiger partial charge is 0.110 e. The summed E-state index contributed by atoms with van der Waals surface area (Å²) >= 11 is 1.13. The molecule has 0 aromatic heterocycles. The Labute approximate surface area is 79.3 Å². The lowest BCUT2D eigenvalue weighted by molar-refractivity contribution is 1.20. The van der Waals surface area contributed by atoms with Crippen molar-refractivity contribution in [2.24, 2.45) is 8.73 Å². The molecule has 0 aromatic carbocycles. The molecule has 0 spiro atoms. The van der Waals surface area contributed by atoms with Gasteiger partial charge in [-0.1, -0.05) is 0 Å². The van der Waals surface area contributed by atoms with Crippen molar-refractivity contribution in [3.8, 4) is 0 Å². The van der Waals surface area contributed by atoms with Crippen molar-refractivity contribution in [1.82, 2.24) is 0 Å². The highest BCUT2D eigenvalue weighted by atomic mass is 32.1. The highest BCUT2D eigenvalue weighted by molar-refractivity contribution is 7.57. The van der Waals surface area contributed by atoms with Gasteiger partial charge in [0.15, 0.2) is 0 Å². The Morgan fingerprint density at radius 2 is 1.31 bits per heavy atom. The van der Waals surface area contributed by atoms with E-state index >= 15 is 0 Å². The first kappa shape index (κ1) is 8.25. The fourth-order valence-electron chi connectivity index (χ4n) is 1.29. The summed E-state index contributed by atoms with van der Waals surface area (Å²) in [5.41, 5.74) is 3.56. The average Bonchev–Trinajstić information content (AvgIpc) is 2.59. The zero-order valence-electron chi connectivity index (χ0n) is 7.30. The minimum atomic E-state index is 0.262. The van der Waals surface area contributed by atoms with E-state index in [1.165, 1.54) is 0 Å². The van der Waals surface area contributed by atoms with Gasteiger partial charge >= 0.3 is 0 Å². The summed E-state index contributed by atoms with van der Waals surface area (Å²) in [6, 6.07) is 0. The van der Waals surface area contributed by atoms with Crippen LogP contribution in [0.2, 0.25) is 0 Å². The highest BCUT2D eigenvalue weighted by Crippen LogP contribution is 2.30. The molecule has 0 unspecified atom stereocenters. The van der Waals surface area contributed by atoms with Crippen molar-refractivity contribution in [2.75, 3.05) is 0 Å². The van der Waals surface area contributed by atoms with Crippen LogP contribution in [0.3, 0.4) is 0 Å². The Morgan fingerprint density at radius 3 is 1.69 bits per heavy atom. The van der Waals surface area contributed by atoms with Gasteiger partial charge in [0.05, 0.1) is 22.8 Å². The monoisotopic (exact) mass is 192 g/mol. The van der Waals surface area contributed by atoms with Gasteiger partial charge in [-0.2, -0.15) is 8.73 Å². The van der Waals surface area contributed by atoms with Gasteiger partial charge < -0.3 is 0 Å². The average molecular weight is 192 g/mol. The maximum Gasteiger partial charge on any atom is 0.110 e. The van der Waals surface area contributed by atoms with Gasteiger partial charge in [0.25, 0.3) is 0 Å². The molecule has 2 rings (SSSR count). The first-order valence-electron chi connectivity index (χ1n) is 3.81. The molecule has 0 amide bonds. The fraction of sp³-hybridized carbons (Fsp3) is 0.250. The Morgan fingerprint density at radius 1 is 0.923 bits per heavy atom. The molecule has 1 aliphatic carbocycles. The molecule has 4 nitrogen and oxygen atoms in total. The number of fused-ring (bicyclic) bond motifs is 1. The third-order valence-corrected chi connectivity index (χ3v) is 2.73. The molecule has 0 aromatic rings. The van der Waals surface area contributed by atoms with Gasteiger partial charge in [-0.15, -0.1) is 0 Å². The lowest BCUT2D eigenvalue weighted by Crippen LogP contribution is -2.21. The van der Waals surface area contributed by atoms with Crippen LogP contribution in [0, 0.1) is 10.8 Å². The van der Waals surface area contributed by atoms with Crippen molar-refractivity contribution in [3.05, 3.63) is 22.5 Å². The zero-order valence-corrected chi connectivity index (χ0v) is 8.12. The molecule has 0 bridgehead atoms. The molecule has 0 radical (unpaired) electrons. The zero-order chi connectivity index (χ0) is 9.59. The molecule has 13 heavy (non-hydrogen) atoms. The third-order valence-electron chi connectivity index (χ3n) is 2.20. The Bertz CT molecular complexity index is 421. The first-order chi connectivity index (χ1) is 6.13. The molecule has 1 aliphatic heterocycles. The lowest BCUT2D eigenvalue weighted by atomic mass is 9.92. The lowest BCUT2D eigenvalue weighted by Gasteiger charge is -2.15. The molecular weight excluding hydrogens is 184 g/mol. The number of allylic oxidation sites excluding steroid dienone is 2. The van der Waals surface area contributed by atoms with Crippen LogP contribution in [0.15, 0.2) is 31.3 Å². The molecule has 2 aliphatic rings. The highest BCUT2D eigenvalue weighted by Gasteiger charge is 2.26. The molecular formula is C8H8N4S. The van der Waals surface area contributed by atoms with Crippen LogP contribution >= 0.6 is 0 Å². The Hall–Kier alpha value is -1.36. The standard InChI is InChI=1S/C8H8N4S/c1-3-5(9)6(10)4(2)8-7(3)11-13-12-8/h9-10H,1-2H3. The summed E-state index contributed by atoms with van der Waals surface area (Å²) in [7, 11) is 0. The van der Waals surface area contributed by atoms with Gasteiger partial charge in [0.2, 0.25) is 0 Å². The summed E-state index contributed by atoms with van der Waals surface area (Å²) in [4.78, 5) is 0. The van der Waals surface area contributed by atoms with Crippen molar-refractivity contribution in [2.45, 2.75) is 13.8 Å². The summed E-state index contributed by atoms with van der Waals surface area (Å²) in [5.74, 6) is 0. The Kier molecular flexibility index (Phi) is 1.63. The minimum Gasteiger partial charge on any atom is -0.298 e. The van der Waals surface area contributed by atoms with E-state index in [2.05, 4.69) is 8.73 Å². The quantitative estimate of drug-likeness (QED) is 0.551. The van der Waals surface area contributed by atoms with E-state index < -0.39 is 0 Å². The van der Waals surface area contributed by atoms with E-state index in [-0.39, 0.29) is 11.4 Å². The van der Waals surface area contributed by atoms with E-state index in [4.69, 9.17) is 10.8 Å². The summed E-state index contributed by atoms with van der Waals surface area (Å²) in [6.45, 7) is 3.62. The van der Waals surface area contributed by atoms with Crippen molar-refractivity contribution >= 4 is 22.8 Å². The number of nitrogens with one attached hydrogen (secondary N) is 2. The number of rotatable bonds is 0. The largest absolute Gasteiger partial charge is 0.298 e. The van der Waals surface area contributed by atoms with Crippen LogP contribution < -0.4 is 0 Å². The van der Waals surface area contributed by atoms with E-state index in [9.17, 15) is 0 Å². The van der Waals surface area contributed by atoms with E-state index in [0.717, 1.165) is 33.9 Å². The van der Waals surface area contributed by atoms with Crippen LogP contribution in [0.1, 0.15) is 13.8 Å². The summed E-state index contributed by atoms with van der Waals surface area (Å²) in [5, 5.41) is 15.3. The number of hydrogen-bond acceptors (Lipinski definition) is 4. The van der Waals surface area contributed by atoms with Crippen LogP contribution in [-0.4, -0.2) is 11.4 Å². The second-order valence-corrected chi connectivity index (χ2v) is 3.49. The summed E-state index contributed by atoms with van der Waals surface area (Å²) in [6.07, 6.45) is 0. The van der Waals surface area contributed by atoms with Gasteiger partial charge in [0, 0.05) is 11.1 Å². The predicted molar refractivity (Wildman–Crippen MR) is 53.1 cm³/mol. The molecule has 1 heterocycles. The van der Waals surface area contributed by atoms with Gasteiger partial charge in [0.1, 0.15) is 11.4 Å². The SMILES string of the molecule is CC1=C2N=S=NC2=C(C)C(=N)C1=N. The normalized spacial score (nSPS) is 21.1. The molecule has 66 valence electrons. The topological polar surface area (TPSA) is 72.4 Å². The number of hydrogen-bond donors (Lipinski definition) is 2. The van der Waals surface area contributed by atoms with Crippen LogP contribution in [0.25, 0.3) is 0 Å². The van der Waals surface area contributed by atoms with E-state index in [0.29, 0.717) is 0 Å². The molecule has 0 fully saturated rings. The predicted octanol–water partition coefficient (Wildman–Crippen LogP) is 2.05. The van der Waals surface area contributed by atoms with E-state index in [1.807, 2.05) is 13.8 Å². The van der Waals surface area contributed by atoms with E-state index in [1.54, 1.807) is 0 Å². The molecule has 0 saturated carbocycles. The van der Waals surface area contributed by atoms with Crippen LogP contribution in [-0.2, 0) is 11.4 Å². The van der Waals surface area contributed by atoms with Crippen molar-refractivity contribution in [1.29, 1.82) is 10.8 Å². The second kappa shape index (κ2) is 2.56. The summed E-state index contributed by atoms with van der Waals surface area (Å²) < 4.78 is 8.22. The maximum absolute atomic E-state index is 7.66. The van der Waals surface area contributed by atoms with Crippen LogP contribution in [0.4, 0.5) is 0 Å². The minimum absolute atomic E-state index is 0.262. The molecule has 5 heteroatoms. The van der Waals surface area contributed by atoms with Gasteiger partial charge in [-0.25, -0.2) is 0 Å². The van der Waals surface area contributed by atoms with Gasteiger partial charge in [-0.05, 0) is 13.8 Å².